The fourth-order valence-electron chi connectivity index (χ4n) is 4.79. The third-order valence-electron chi connectivity index (χ3n) is 6.00. The number of rotatable bonds is 7. The predicted octanol–water partition coefficient (Wildman–Crippen LogP) is 2.81. The fourth-order valence-corrected chi connectivity index (χ4v) is 4.79. The van der Waals surface area contributed by atoms with Crippen molar-refractivity contribution in [2.45, 2.75) is 51.2 Å². The molecule has 0 saturated heterocycles. The number of ether oxygens (including phenoxy) is 3. The van der Waals surface area contributed by atoms with E-state index in [2.05, 4.69) is 10.8 Å². The van der Waals surface area contributed by atoms with E-state index in [0.29, 0.717) is 24.0 Å². The Morgan fingerprint density at radius 2 is 2.07 bits per heavy atom. The van der Waals surface area contributed by atoms with Crippen LogP contribution < -0.4 is 4.74 Å². The fraction of sp³-hybridized carbons (Fsp3) is 0.619. The number of carbonyl (C=O) groups is 2. The normalized spacial score (nSPS) is 26.7. The molecule has 0 spiro atoms. The molecule has 7 nitrogen and oxygen atoms in total. The lowest BCUT2D eigenvalue weighted by Gasteiger charge is -2.32. The van der Waals surface area contributed by atoms with Crippen LogP contribution in [0.1, 0.15) is 37.3 Å². The van der Waals surface area contributed by atoms with Gasteiger partial charge in [0.2, 0.25) is 0 Å². The van der Waals surface area contributed by atoms with E-state index in [0.717, 1.165) is 36.8 Å². The average Bonchev–Trinajstić information content (AvgIpc) is 2.98. The van der Waals surface area contributed by atoms with E-state index in [1.807, 2.05) is 12.1 Å². The van der Waals surface area contributed by atoms with Crippen LogP contribution >= 0.6 is 0 Å². The number of benzene rings is 1. The average molecular weight is 392 g/mol. The summed E-state index contributed by atoms with van der Waals surface area (Å²) in [6.45, 7) is 1.40. The number of aliphatic carboxylic acids is 1. The van der Waals surface area contributed by atoms with Crippen molar-refractivity contribution < 1.29 is 34.0 Å². The molecule has 0 unspecified atom stereocenters. The Hall–Kier alpha value is -2.28. The van der Waals surface area contributed by atoms with Crippen LogP contribution in [0.25, 0.3) is 0 Å². The first-order valence-electron chi connectivity index (χ1n) is 9.77. The molecule has 0 amide bonds. The number of carbonyl (C=O) groups excluding carboxylic acids is 1. The third kappa shape index (κ3) is 4.58. The second-order valence-corrected chi connectivity index (χ2v) is 7.84. The Morgan fingerprint density at radius 1 is 1.29 bits per heavy atom. The Labute approximate surface area is 164 Å². The van der Waals surface area contributed by atoms with Gasteiger partial charge in [-0.05, 0) is 74.0 Å². The molecule has 0 aliphatic heterocycles. The van der Waals surface area contributed by atoms with Crippen LogP contribution in [-0.4, -0.2) is 48.3 Å². The maximum Gasteiger partial charge on any atom is 0.508 e. The molecule has 2 aliphatic rings. The quantitative estimate of drug-likeness (QED) is 0.688. The van der Waals surface area contributed by atoms with Gasteiger partial charge in [-0.3, -0.25) is 0 Å². The van der Waals surface area contributed by atoms with Gasteiger partial charge >= 0.3 is 12.1 Å². The predicted molar refractivity (Wildman–Crippen MR) is 100 cm³/mol. The smallest absolute Gasteiger partial charge is 0.482 e. The molecule has 2 N–H and O–H groups in total. The molecule has 1 fully saturated rings. The van der Waals surface area contributed by atoms with E-state index in [-0.39, 0.29) is 18.6 Å². The first kappa shape index (κ1) is 20.5. The number of carboxylic acid groups (broad SMARTS) is 1. The van der Waals surface area contributed by atoms with Gasteiger partial charge in [0.1, 0.15) is 11.9 Å². The van der Waals surface area contributed by atoms with Crippen LogP contribution in [0.5, 0.6) is 5.75 Å². The van der Waals surface area contributed by atoms with Gasteiger partial charge in [-0.2, -0.15) is 0 Å². The van der Waals surface area contributed by atoms with Gasteiger partial charge in [0, 0.05) is 0 Å². The lowest BCUT2D eigenvalue weighted by Crippen LogP contribution is -2.29. The zero-order valence-corrected chi connectivity index (χ0v) is 16.3. The lowest BCUT2D eigenvalue weighted by atomic mass is 9.73. The van der Waals surface area contributed by atoms with Crippen LogP contribution in [0.15, 0.2) is 18.2 Å². The molecule has 2 aliphatic carbocycles. The molecule has 1 aromatic carbocycles. The summed E-state index contributed by atoms with van der Waals surface area (Å²) in [5.41, 5.74) is 2.21. The second kappa shape index (κ2) is 8.82. The van der Waals surface area contributed by atoms with Gasteiger partial charge in [0.25, 0.3) is 0 Å². The van der Waals surface area contributed by atoms with E-state index in [9.17, 15) is 14.7 Å². The van der Waals surface area contributed by atoms with Crippen LogP contribution in [0.4, 0.5) is 4.79 Å². The maximum atomic E-state index is 11.7. The number of methoxy groups -OCH3 is 1. The van der Waals surface area contributed by atoms with E-state index >= 15 is 0 Å². The molecular formula is C21H28O7. The highest BCUT2D eigenvalue weighted by Crippen LogP contribution is 2.49. The van der Waals surface area contributed by atoms with Gasteiger partial charge in [-0.1, -0.05) is 12.1 Å². The molecule has 1 saturated carbocycles. The van der Waals surface area contributed by atoms with Crippen LogP contribution in [-0.2, 0) is 27.1 Å². The molecule has 3 rings (SSSR count). The summed E-state index contributed by atoms with van der Waals surface area (Å²) in [6.07, 6.45) is 2.46. The Morgan fingerprint density at radius 3 is 2.75 bits per heavy atom. The number of aliphatic hydroxyl groups excluding tert-OH is 1. The van der Waals surface area contributed by atoms with Crippen molar-refractivity contribution in [3.63, 3.8) is 0 Å². The first-order valence-corrected chi connectivity index (χ1v) is 9.77. The Bertz CT molecular complexity index is 715. The minimum absolute atomic E-state index is 0.162. The molecule has 28 heavy (non-hydrogen) atoms. The van der Waals surface area contributed by atoms with Gasteiger partial charge in [0.15, 0.2) is 6.61 Å². The summed E-state index contributed by atoms with van der Waals surface area (Å²) in [5, 5.41) is 18.6. The molecule has 0 heterocycles. The molecule has 0 bridgehead atoms. The van der Waals surface area contributed by atoms with Crippen LogP contribution in [0.3, 0.4) is 0 Å². The SMILES string of the molecule is COC(=O)O[C@@H]1C[C@@H]2Cc3c(cccc3OCC(=O)O)C[C@@H]2[C@H]1CC[C@H](C)O. The van der Waals surface area contributed by atoms with Crippen molar-refractivity contribution >= 4 is 12.1 Å². The summed E-state index contributed by atoms with van der Waals surface area (Å²) in [5.74, 6) is 0.440. The molecule has 7 heteroatoms. The monoisotopic (exact) mass is 392 g/mol. The highest BCUT2D eigenvalue weighted by atomic mass is 16.7. The van der Waals surface area contributed by atoms with Crippen LogP contribution in [0, 0.1) is 17.8 Å². The zero-order chi connectivity index (χ0) is 20.3. The highest BCUT2D eigenvalue weighted by molar-refractivity contribution is 5.68. The van der Waals surface area contributed by atoms with Gasteiger partial charge in [-0.25, -0.2) is 9.59 Å². The standard InChI is InChI=1S/C21H28O7/c1-12(22)6-7-15-16-8-13-4-3-5-18(27-11-20(23)24)17(13)9-14(16)10-19(15)28-21(25)26-2/h3-5,12,14-16,19,22H,6-11H2,1-2H3,(H,23,24)/t12-,14-,15+,16-,19+/m0/s1. The summed E-state index contributed by atoms with van der Waals surface area (Å²) in [7, 11) is 1.30. The summed E-state index contributed by atoms with van der Waals surface area (Å²) < 4.78 is 15.7. The lowest BCUT2D eigenvalue weighted by molar-refractivity contribution is -0.139. The van der Waals surface area contributed by atoms with Crippen LogP contribution in [0.2, 0.25) is 0 Å². The highest BCUT2D eigenvalue weighted by Gasteiger charge is 2.47. The van der Waals surface area contributed by atoms with E-state index in [1.54, 1.807) is 6.92 Å². The van der Waals surface area contributed by atoms with Crippen molar-refractivity contribution in [3.8, 4) is 5.75 Å². The van der Waals surface area contributed by atoms with E-state index < -0.39 is 18.2 Å². The number of fused-ring (bicyclic) bond motifs is 2. The number of aliphatic hydroxyl groups is 1. The zero-order valence-electron chi connectivity index (χ0n) is 16.3. The van der Waals surface area contributed by atoms with Crippen molar-refractivity contribution in [1.82, 2.24) is 0 Å². The second-order valence-electron chi connectivity index (χ2n) is 7.84. The van der Waals surface area contributed by atoms with E-state index in [1.165, 1.54) is 7.11 Å². The molecular weight excluding hydrogens is 364 g/mol. The minimum atomic E-state index is -1.00. The van der Waals surface area contributed by atoms with E-state index in [4.69, 9.17) is 14.6 Å². The van der Waals surface area contributed by atoms with Gasteiger partial charge in [0.05, 0.1) is 13.2 Å². The van der Waals surface area contributed by atoms with Gasteiger partial charge in [-0.15, -0.1) is 0 Å². The molecule has 154 valence electrons. The van der Waals surface area contributed by atoms with Crippen molar-refractivity contribution in [3.05, 3.63) is 29.3 Å². The topological polar surface area (TPSA) is 102 Å². The Balaban J connectivity index is 1.80. The third-order valence-corrected chi connectivity index (χ3v) is 6.00. The van der Waals surface area contributed by atoms with Crippen molar-refractivity contribution in [2.75, 3.05) is 13.7 Å². The number of hydrogen-bond acceptors (Lipinski definition) is 6. The van der Waals surface area contributed by atoms with Crippen molar-refractivity contribution in [2.24, 2.45) is 17.8 Å². The number of hydrogen-bond donors (Lipinski definition) is 2. The largest absolute Gasteiger partial charge is 0.508 e. The molecule has 0 radical (unpaired) electrons. The Kier molecular flexibility index (Phi) is 6.44. The maximum absolute atomic E-state index is 11.7. The first-order chi connectivity index (χ1) is 13.4. The van der Waals surface area contributed by atoms with Gasteiger partial charge < -0.3 is 24.4 Å². The number of carboxylic acids is 1. The van der Waals surface area contributed by atoms with Crippen molar-refractivity contribution in [1.29, 1.82) is 0 Å². The summed E-state index contributed by atoms with van der Waals surface area (Å²) in [4.78, 5) is 22.6. The summed E-state index contributed by atoms with van der Waals surface area (Å²) in [6, 6.07) is 5.75. The minimum Gasteiger partial charge on any atom is -0.482 e. The molecule has 5 atom stereocenters. The molecule has 1 aromatic rings. The summed E-state index contributed by atoms with van der Waals surface area (Å²) >= 11 is 0. The molecule has 0 aromatic heterocycles.